The van der Waals surface area contributed by atoms with Gasteiger partial charge in [0.15, 0.2) is 0 Å². The predicted molar refractivity (Wildman–Crippen MR) is 89.8 cm³/mol. The van der Waals surface area contributed by atoms with Crippen LogP contribution in [0.5, 0.6) is 0 Å². The Labute approximate surface area is 131 Å². The van der Waals surface area contributed by atoms with E-state index in [1.165, 1.54) is 37.1 Å². The molecule has 1 aliphatic rings. The van der Waals surface area contributed by atoms with Gasteiger partial charge in [-0.05, 0) is 51.5 Å². The van der Waals surface area contributed by atoms with E-state index in [1.807, 2.05) is 6.92 Å². The first-order valence-corrected chi connectivity index (χ1v) is 8.56. The van der Waals surface area contributed by atoms with Gasteiger partial charge in [-0.25, -0.2) is 4.98 Å². The van der Waals surface area contributed by atoms with Crippen LogP contribution in [0.25, 0.3) is 10.6 Å². The SMILES string of the molecule is CN[C@H](CN1CCCC1)c1cccc(-c2nc(C)cs2)c1. The maximum atomic E-state index is 4.60. The van der Waals surface area contributed by atoms with Crippen LogP contribution >= 0.6 is 11.3 Å². The number of rotatable bonds is 5. The normalized spacial score (nSPS) is 17.2. The van der Waals surface area contributed by atoms with Crippen molar-refractivity contribution in [3.8, 4) is 10.6 Å². The van der Waals surface area contributed by atoms with Crippen LogP contribution < -0.4 is 5.32 Å². The molecule has 1 saturated heterocycles. The Kier molecular flexibility index (Phi) is 4.68. The number of likely N-dealkylation sites (N-methyl/N-ethyl adjacent to an activating group) is 1. The molecule has 1 aliphatic heterocycles. The molecule has 21 heavy (non-hydrogen) atoms. The zero-order valence-corrected chi connectivity index (χ0v) is 13.6. The van der Waals surface area contributed by atoms with Gasteiger partial charge in [-0.3, -0.25) is 0 Å². The molecule has 3 rings (SSSR count). The van der Waals surface area contributed by atoms with Gasteiger partial charge in [0, 0.05) is 29.2 Å². The van der Waals surface area contributed by atoms with Crippen LogP contribution in [0.2, 0.25) is 0 Å². The van der Waals surface area contributed by atoms with Gasteiger partial charge in [0.25, 0.3) is 0 Å². The van der Waals surface area contributed by atoms with Gasteiger partial charge in [-0.1, -0.05) is 18.2 Å². The third-order valence-corrected chi connectivity index (χ3v) is 5.15. The van der Waals surface area contributed by atoms with E-state index in [-0.39, 0.29) is 0 Å². The molecular formula is C17H23N3S. The lowest BCUT2D eigenvalue weighted by Gasteiger charge is -2.23. The van der Waals surface area contributed by atoms with Gasteiger partial charge in [0.05, 0.1) is 0 Å². The molecule has 1 fully saturated rings. The summed E-state index contributed by atoms with van der Waals surface area (Å²) in [6, 6.07) is 9.21. The zero-order valence-electron chi connectivity index (χ0n) is 12.8. The quantitative estimate of drug-likeness (QED) is 0.916. The summed E-state index contributed by atoms with van der Waals surface area (Å²) < 4.78 is 0. The Balaban J connectivity index is 1.80. The molecule has 1 aromatic carbocycles. The lowest BCUT2D eigenvalue weighted by atomic mass is 10.0. The largest absolute Gasteiger partial charge is 0.312 e. The highest BCUT2D eigenvalue weighted by Crippen LogP contribution is 2.27. The number of thiazole rings is 1. The number of benzene rings is 1. The molecule has 1 aromatic heterocycles. The first kappa shape index (κ1) is 14.7. The highest BCUT2D eigenvalue weighted by molar-refractivity contribution is 7.13. The number of hydrogen-bond acceptors (Lipinski definition) is 4. The Hall–Kier alpha value is -1.23. The van der Waals surface area contributed by atoms with Crippen LogP contribution in [0, 0.1) is 6.92 Å². The Bertz CT molecular complexity index is 587. The lowest BCUT2D eigenvalue weighted by Crippen LogP contribution is -2.31. The number of aromatic nitrogens is 1. The van der Waals surface area contributed by atoms with Gasteiger partial charge in [0.2, 0.25) is 0 Å². The Morgan fingerprint density at radius 2 is 2.14 bits per heavy atom. The minimum atomic E-state index is 0.393. The van der Waals surface area contributed by atoms with Crippen molar-refractivity contribution in [3.63, 3.8) is 0 Å². The van der Waals surface area contributed by atoms with Gasteiger partial charge in [-0.15, -0.1) is 11.3 Å². The van der Waals surface area contributed by atoms with Gasteiger partial charge in [-0.2, -0.15) is 0 Å². The number of aryl methyl sites for hydroxylation is 1. The highest BCUT2D eigenvalue weighted by Gasteiger charge is 2.18. The second-order valence-electron chi connectivity index (χ2n) is 5.77. The number of nitrogens with one attached hydrogen (secondary N) is 1. The van der Waals surface area contributed by atoms with Crippen LogP contribution in [0.1, 0.15) is 30.1 Å². The molecule has 1 N–H and O–H groups in total. The number of likely N-dealkylation sites (tertiary alicyclic amines) is 1. The average Bonchev–Trinajstić information content (AvgIpc) is 3.16. The molecule has 0 radical (unpaired) electrons. The first-order chi connectivity index (χ1) is 10.3. The Morgan fingerprint density at radius 1 is 1.33 bits per heavy atom. The summed E-state index contributed by atoms with van der Waals surface area (Å²) in [7, 11) is 2.06. The summed E-state index contributed by atoms with van der Waals surface area (Å²) in [6.07, 6.45) is 2.68. The first-order valence-electron chi connectivity index (χ1n) is 7.68. The van der Waals surface area contributed by atoms with E-state index in [9.17, 15) is 0 Å². The van der Waals surface area contributed by atoms with E-state index in [0.29, 0.717) is 6.04 Å². The van der Waals surface area contributed by atoms with E-state index in [0.717, 1.165) is 17.2 Å². The van der Waals surface area contributed by atoms with Crippen molar-refractivity contribution in [2.75, 3.05) is 26.7 Å². The van der Waals surface area contributed by atoms with Crippen LogP contribution in [-0.2, 0) is 0 Å². The molecule has 0 spiro atoms. The smallest absolute Gasteiger partial charge is 0.123 e. The molecule has 4 heteroatoms. The fraction of sp³-hybridized carbons (Fsp3) is 0.471. The molecule has 0 amide bonds. The predicted octanol–water partition coefficient (Wildman–Crippen LogP) is 3.47. The molecule has 112 valence electrons. The summed E-state index contributed by atoms with van der Waals surface area (Å²) in [5.74, 6) is 0. The topological polar surface area (TPSA) is 28.2 Å². The van der Waals surface area contributed by atoms with Crippen molar-refractivity contribution >= 4 is 11.3 Å². The van der Waals surface area contributed by atoms with Gasteiger partial charge in [0.1, 0.15) is 5.01 Å². The van der Waals surface area contributed by atoms with Crippen molar-refractivity contribution in [3.05, 3.63) is 40.9 Å². The molecule has 2 heterocycles. The second-order valence-corrected chi connectivity index (χ2v) is 6.63. The van der Waals surface area contributed by atoms with Crippen LogP contribution in [0.15, 0.2) is 29.6 Å². The van der Waals surface area contributed by atoms with Crippen molar-refractivity contribution in [2.24, 2.45) is 0 Å². The van der Waals surface area contributed by atoms with E-state index in [4.69, 9.17) is 0 Å². The third kappa shape index (κ3) is 3.51. The number of hydrogen-bond donors (Lipinski definition) is 1. The lowest BCUT2D eigenvalue weighted by molar-refractivity contribution is 0.299. The summed E-state index contributed by atoms with van der Waals surface area (Å²) in [5, 5.41) is 6.70. The zero-order chi connectivity index (χ0) is 14.7. The van der Waals surface area contributed by atoms with Crippen molar-refractivity contribution in [1.82, 2.24) is 15.2 Å². The van der Waals surface area contributed by atoms with Crippen LogP contribution in [0.4, 0.5) is 0 Å². The standard InChI is InChI=1S/C17H23N3S/c1-13-12-21-17(19-13)15-7-5-6-14(10-15)16(18-2)11-20-8-3-4-9-20/h5-7,10,12,16,18H,3-4,8-9,11H2,1-2H3/t16-/m1/s1. The molecule has 1 atom stereocenters. The fourth-order valence-electron chi connectivity index (χ4n) is 2.96. The Morgan fingerprint density at radius 3 is 2.81 bits per heavy atom. The third-order valence-electron chi connectivity index (χ3n) is 4.14. The fourth-order valence-corrected chi connectivity index (χ4v) is 3.76. The number of nitrogens with zero attached hydrogens (tertiary/aromatic N) is 2. The molecule has 0 aliphatic carbocycles. The van der Waals surface area contributed by atoms with Gasteiger partial charge < -0.3 is 10.2 Å². The van der Waals surface area contributed by atoms with Crippen molar-refractivity contribution < 1.29 is 0 Å². The maximum Gasteiger partial charge on any atom is 0.123 e. The minimum absolute atomic E-state index is 0.393. The van der Waals surface area contributed by atoms with Crippen molar-refractivity contribution in [2.45, 2.75) is 25.8 Å². The molecule has 0 bridgehead atoms. The maximum absolute atomic E-state index is 4.60. The van der Waals surface area contributed by atoms with Crippen LogP contribution in [0.3, 0.4) is 0 Å². The average molecular weight is 301 g/mol. The molecule has 0 unspecified atom stereocenters. The summed E-state index contributed by atoms with van der Waals surface area (Å²) in [5.41, 5.74) is 3.68. The minimum Gasteiger partial charge on any atom is -0.312 e. The highest BCUT2D eigenvalue weighted by atomic mass is 32.1. The summed E-state index contributed by atoms with van der Waals surface area (Å²) in [6.45, 7) is 5.62. The monoisotopic (exact) mass is 301 g/mol. The van der Waals surface area contributed by atoms with E-state index in [1.54, 1.807) is 11.3 Å². The molecule has 2 aromatic rings. The molecule has 3 nitrogen and oxygen atoms in total. The van der Waals surface area contributed by atoms with E-state index in [2.05, 4.69) is 51.9 Å². The van der Waals surface area contributed by atoms with E-state index < -0.39 is 0 Å². The van der Waals surface area contributed by atoms with Gasteiger partial charge >= 0.3 is 0 Å². The molecular weight excluding hydrogens is 278 g/mol. The summed E-state index contributed by atoms with van der Waals surface area (Å²) >= 11 is 1.72. The van der Waals surface area contributed by atoms with E-state index >= 15 is 0 Å². The summed E-state index contributed by atoms with van der Waals surface area (Å²) in [4.78, 5) is 7.16. The van der Waals surface area contributed by atoms with Crippen molar-refractivity contribution in [1.29, 1.82) is 0 Å². The van der Waals surface area contributed by atoms with Crippen LogP contribution in [-0.4, -0.2) is 36.6 Å². The second kappa shape index (κ2) is 6.69. The molecule has 0 saturated carbocycles.